The Kier molecular flexibility index (Phi) is 20.0. The van der Waals surface area contributed by atoms with E-state index in [0.29, 0.717) is 65.2 Å². The Morgan fingerprint density at radius 3 is 1.35 bits per heavy atom. The summed E-state index contributed by atoms with van der Waals surface area (Å²) in [4.78, 5) is 85.3. The lowest BCUT2D eigenvalue weighted by Crippen LogP contribution is -2.50. The quantitative estimate of drug-likeness (QED) is 0.114. The van der Waals surface area contributed by atoms with E-state index in [2.05, 4.69) is 10.6 Å². The molecule has 0 bridgehead atoms. The molecule has 1 saturated heterocycles. The van der Waals surface area contributed by atoms with E-state index in [-0.39, 0.29) is 75.5 Å². The molecule has 1 atom stereocenters. The van der Waals surface area contributed by atoms with Crippen LogP contribution in [0.4, 0.5) is 4.79 Å². The Balaban J connectivity index is 1.33. The number of amides is 2. The van der Waals surface area contributed by atoms with Gasteiger partial charge >= 0.3 is 30.0 Å². The number of hydrogen-bond acceptors (Lipinski definition) is 14. The molecule has 17 nitrogen and oxygen atoms in total. The fourth-order valence-corrected chi connectivity index (χ4v) is 7.88. The molecular formula is C49H74N6O11. The summed E-state index contributed by atoms with van der Waals surface area (Å²) in [5.74, 6) is -2.74. The minimum atomic E-state index is -1.18. The van der Waals surface area contributed by atoms with Gasteiger partial charge in [0.05, 0.1) is 26.2 Å². The second-order valence-electron chi connectivity index (χ2n) is 20.1. The van der Waals surface area contributed by atoms with Crippen LogP contribution in [0.25, 0.3) is 11.1 Å². The summed E-state index contributed by atoms with van der Waals surface area (Å²) in [7, 11) is 0. The number of unbranched alkanes of at least 4 members (excludes halogenated alkanes) is 1. The van der Waals surface area contributed by atoms with E-state index in [1.165, 1.54) is 0 Å². The smallest absolute Gasteiger partial charge is 0.407 e. The van der Waals surface area contributed by atoms with E-state index < -0.39 is 34.9 Å². The largest absolute Gasteiger partial charge is 0.480 e. The van der Waals surface area contributed by atoms with Crippen molar-refractivity contribution in [3.05, 3.63) is 59.7 Å². The molecular weight excluding hydrogens is 849 g/mol. The molecule has 0 spiro atoms. The van der Waals surface area contributed by atoms with Crippen molar-refractivity contribution < 1.29 is 52.8 Å². The standard InChI is InChI=1S/C49H74N6O11/c1-47(2,3)64-42(57)31-53-24-22-52(23-25-54(32-43(58)65-48(4,5)6)27-29-55(28-26-53)33-44(59)66-49(7,8)9)30-41(56)50-21-15-14-20-40(45(60)61)51-46(62)63-34-39-37-18-12-10-16-35(37)36-17-11-13-19-38(36)39/h10-13,16-19,39-40H,14-15,20-34H2,1-9H3,(H,50,56)(H,51,62)(H,60,61). The van der Waals surface area contributed by atoms with Crippen LogP contribution in [-0.2, 0) is 42.9 Å². The number of aliphatic carboxylic acids is 1. The van der Waals surface area contributed by atoms with E-state index in [4.69, 9.17) is 18.9 Å². The van der Waals surface area contributed by atoms with Crippen LogP contribution in [0.5, 0.6) is 0 Å². The van der Waals surface area contributed by atoms with Crippen LogP contribution in [0.2, 0.25) is 0 Å². The Morgan fingerprint density at radius 1 is 0.591 bits per heavy atom. The summed E-state index contributed by atoms with van der Waals surface area (Å²) in [5, 5.41) is 15.3. The monoisotopic (exact) mass is 923 g/mol. The third kappa shape index (κ3) is 19.4. The number of nitrogens with zero attached hydrogens (tertiary/aromatic N) is 4. The van der Waals surface area contributed by atoms with Crippen molar-refractivity contribution in [2.24, 2.45) is 0 Å². The molecule has 1 aliphatic heterocycles. The third-order valence-electron chi connectivity index (χ3n) is 10.8. The van der Waals surface area contributed by atoms with Gasteiger partial charge in [0, 0.05) is 64.8 Å². The van der Waals surface area contributed by atoms with Crippen LogP contribution in [0.15, 0.2) is 48.5 Å². The zero-order valence-corrected chi connectivity index (χ0v) is 40.6. The normalized spacial score (nSPS) is 16.7. The van der Waals surface area contributed by atoms with Crippen LogP contribution in [0, 0.1) is 0 Å². The highest BCUT2D eigenvalue weighted by Crippen LogP contribution is 2.44. The van der Waals surface area contributed by atoms with E-state index in [0.717, 1.165) is 22.3 Å². The molecule has 0 aromatic heterocycles. The van der Waals surface area contributed by atoms with Crippen LogP contribution in [0.3, 0.4) is 0 Å². The van der Waals surface area contributed by atoms with Gasteiger partial charge in [-0.2, -0.15) is 0 Å². The summed E-state index contributed by atoms with van der Waals surface area (Å²) < 4.78 is 22.5. The van der Waals surface area contributed by atoms with Crippen molar-refractivity contribution in [1.82, 2.24) is 30.2 Å². The maximum atomic E-state index is 13.4. The summed E-state index contributed by atoms with van der Waals surface area (Å²) in [6, 6.07) is 14.8. The van der Waals surface area contributed by atoms with E-state index in [1.54, 1.807) is 0 Å². The van der Waals surface area contributed by atoms with E-state index in [1.807, 2.05) is 130 Å². The highest BCUT2D eigenvalue weighted by atomic mass is 16.6. The summed E-state index contributed by atoms with van der Waals surface area (Å²) in [6.07, 6.45) is 0.206. The van der Waals surface area contributed by atoms with Crippen molar-refractivity contribution >= 4 is 35.9 Å². The van der Waals surface area contributed by atoms with Gasteiger partial charge in [0.1, 0.15) is 29.5 Å². The SMILES string of the molecule is CC(C)(C)OC(=O)CN1CCN(CC(=O)NCCCCC(NC(=O)OCC2c3ccccc3-c3ccccc32)C(=O)O)CCN(CC(=O)OC(C)(C)C)CCN(CC(=O)OC(C)(C)C)CC1. The average Bonchev–Trinajstić information content (AvgIpc) is 3.51. The highest BCUT2D eigenvalue weighted by molar-refractivity contribution is 5.81. The molecule has 1 fully saturated rings. The van der Waals surface area contributed by atoms with E-state index >= 15 is 0 Å². The van der Waals surface area contributed by atoms with Gasteiger partial charge in [-0.25, -0.2) is 9.59 Å². The molecule has 2 aliphatic rings. The average molecular weight is 923 g/mol. The molecule has 0 saturated carbocycles. The fourth-order valence-electron chi connectivity index (χ4n) is 7.88. The topological polar surface area (TPSA) is 197 Å². The summed E-state index contributed by atoms with van der Waals surface area (Å²) in [5.41, 5.74) is 2.26. The molecule has 2 amide bonds. The number of nitrogens with one attached hydrogen (secondary N) is 2. The molecule has 1 unspecified atom stereocenters. The Hall–Kier alpha value is -5.10. The first-order chi connectivity index (χ1) is 30.9. The van der Waals surface area contributed by atoms with Gasteiger partial charge in [-0.15, -0.1) is 0 Å². The molecule has 66 heavy (non-hydrogen) atoms. The van der Waals surface area contributed by atoms with Crippen molar-refractivity contribution in [2.75, 3.05) is 91.7 Å². The minimum absolute atomic E-state index is 0.00976. The lowest BCUT2D eigenvalue weighted by molar-refractivity contribution is -0.158. The number of esters is 3. The number of rotatable bonds is 17. The Morgan fingerprint density at radius 2 is 0.970 bits per heavy atom. The maximum absolute atomic E-state index is 13.4. The maximum Gasteiger partial charge on any atom is 0.407 e. The van der Waals surface area contributed by atoms with Crippen molar-refractivity contribution in [2.45, 2.75) is 110 Å². The number of ether oxygens (including phenoxy) is 4. The fraction of sp³-hybridized carbons (Fsp3) is 0.633. The Bertz CT molecular complexity index is 1860. The summed E-state index contributed by atoms with van der Waals surface area (Å²) in [6.45, 7) is 20.0. The van der Waals surface area contributed by atoms with Gasteiger partial charge in [-0.3, -0.25) is 38.8 Å². The first kappa shape index (κ1) is 53.5. The van der Waals surface area contributed by atoms with Crippen molar-refractivity contribution in [1.29, 1.82) is 0 Å². The van der Waals surface area contributed by atoms with Crippen LogP contribution in [0.1, 0.15) is 98.6 Å². The molecule has 3 N–H and O–H groups in total. The molecule has 366 valence electrons. The van der Waals surface area contributed by atoms with Gasteiger partial charge in [0.15, 0.2) is 0 Å². The first-order valence-electron chi connectivity index (χ1n) is 23.1. The molecule has 2 aromatic rings. The number of hydrogen-bond donors (Lipinski definition) is 3. The molecule has 1 heterocycles. The van der Waals surface area contributed by atoms with Gasteiger partial charge in [0.2, 0.25) is 5.91 Å². The number of carboxylic acids is 1. The number of carbonyl (C=O) groups excluding carboxylic acids is 5. The molecule has 1 aliphatic carbocycles. The number of benzene rings is 2. The van der Waals surface area contributed by atoms with Crippen LogP contribution < -0.4 is 10.6 Å². The lowest BCUT2D eigenvalue weighted by Gasteiger charge is -2.34. The summed E-state index contributed by atoms with van der Waals surface area (Å²) >= 11 is 0. The van der Waals surface area contributed by atoms with Crippen molar-refractivity contribution in [3.63, 3.8) is 0 Å². The van der Waals surface area contributed by atoms with Gasteiger partial charge in [0.25, 0.3) is 0 Å². The number of carboxylic acid groups (broad SMARTS) is 1. The second kappa shape index (κ2) is 24.6. The van der Waals surface area contributed by atoms with Crippen molar-refractivity contribution in [3.8, 4) is 11.1 Å². The van der Waals surface area contributed by atoms with Gasteiger partial charge in [-0.05, 0) is 104 Å². The molecule has 0 radical (unpaired) electrons. The zero-order chi connectivity index (χ0) is 48.7. The highest BCUT2D eigenvalue weighted by Gasteiger charge is 2.31. The lowest BCUT2D eigenvalue weighted by atomic mass is 9.98. The molecule has 2 aromatic carbocycles. The predicted molar refractivity (Wildman–Crippen MR) is 250 cm³/mol. The number of carbonyl (C=O) groups is 6. The predicted octanol–water partition coefficient (Wildman–Crippen LogP) is 4.51. The number of alkyl carbamates (subject to hydrolysis) is 1. The van der Waals surface area contributed by atoms with E-state index in [9.17, 15) is 33.9 Å². The number of fused-ring (bicyclic) bond motifs is 3. The second-order valence-corrected chi connectivity index (χ2v) is 20.1. The molecule has 17 heteroatoms. The van der Waals surface area contributed by atoms with Crippen LogP contribution >= 0.6 is 0 Å². The minimum Gasteiger partial charge on any atom is -0.480 e. The van der Waals surface area contributed by atoms with Gasteiger partial charge in [-0.1, -0.05) is 48.5 Å². The Labute approximate surface area is 390 Å². The molecule has 4 rings (SSSR count). The zero-order valence-electron chi connectivity index (χ0n) is 40.6. The first-order valence-corrected chi connectivity index (χ1v) is 23.1. The van der Waals surface area contributed by atoms with Crippen LogP contribution in [-0.4, -0.2) is 175 Å². The third-order valence-corrected chi connectivity index (χ3v) is 10.8. The van der Waals surface area contributed by atoms with Gasteiger partial charge < -0.3 is 34.7 Å².